The van der Waals surface area contributed by atoms with Crippen molar-refractivity contribution in [2.24, 2.45) is 11.7 Å². The third-order valence-electron chi connectivity index (χ3n) is 4.22. The molecular formula is C13H26N2O. The van der Waals surface area contributed by atoms with E-state index in [0.717, 1.165) is 19.4 Å². The summed E-state index contributed by atoms with van der Waals surface area (Å²) in [5.74, 6) is 0.694. The Morgan fingerprint density at radius 1 is 1.06 bits per heavy atom. The second-order valence-electron chi connectivity index (χ2n) is 5.71. The Bertz CT molecular complexity index is 202. The highest BCUT2D eigenvalue weighted by Gasteiger charge is 2.22. The standard InChI is InChI=1S/C13H26N2O/c14-11-4-6-12(7-5-11)15-9-10-2-1-3-13(16)8-10/h10-13,15-16H,1-9,14H2. The lowest BCUT2D eigenvalue weighted by molar-refractivity contribution is 0.0988. The number of aliphatic hydroxyl groups is 1. The van der Waals surface area contributed by atoms with E-state index in [1.807, 2.05) is 0 Å². The van der Waals surface area contributed by atoms with Gasteiger partial charge in [0.05, 0.1) is 6.10 Å². The van der Waals surface area contributed by atoms with Crippen LogP contribution in [-0.4, -0.2) is 29.8 Å². The number of hydrogen-bond donors (Lipinski definition) is 3. The van der Waals surface area contributed by atoms with Gasteiger partial charge in [0.1, 0.15) is 0 Å². The van der Waals surface area contributed by atoms with Gasteiger partial charge in [-0.3, -0.25) is 0 Å². The zero-order valence-electron chi connectivity index (χ0n) is 10.2. The van der Waals surface area contributed by atoms with E-state index in [0.29, 0.717) is 18.0 Å². The van der Waals surface area contributed by atoms with Crippen LogP contribution in [-0.2, 0) is 0 Å². The van der Waals surface area contributed by atoms with Crippen molar-refractivity contribution in [3.8, 4) is 0 Å². The fourth-order valence-corrected chi connectivity index (χ4v) is 3.10. The molecule has 2 rings (SSSR count). The largest absolute Gasteiger partial charge is 0.393 e. The van der Waals surface area contributed by atoms with Crippen LogP contribution in [0.5, 0.6) is 0 Å². The summed E-state index contributed by atoms with van der Waals surface area (Å²) < 4.78 is 0. The molecule has 2 aliphatic carbocycles. The van der Waals surface area contributed by atoms with Crippen molar-refractivity contribution in [1.82, 2.24) is 5.32 Å². The normalized spacial score (nSPS) is 40.9. The van der Waals surface area contributed by atoms with Crippen LogP contribution in [0.25, 0.3) is 0 Å². The Hall–Kier alpha value is -0.120. The predicted molar refractivity (Wildman–Crippen MR) is 66.2 cm³/mol. The zero-order valence-corrected chi connectivity index (χ0v) is 10.2. The molecule has 16 heavy (non-hydrogen) atoms. The molecule has 2 fully saturated rings. The van der Waals surface area contributed by atoms with E-state index >= 15 is 0 Å². The van der Waals surface area contributed by atoms with Gasteiger partial charge in [0, 0.05) is 12.1 Å². The molecule has 0 bridgehead atoms. The topological polar surface area (TPSA) is 58.3 Å². The van der Waals surface area contributed by atoms with E-state index < -0.39 is 0 Å². The smallest absolute Gasteiger partial charge is 0.0543 e. The summed E-state index contributed by atoms with van der Waals surface area (Å²) in [6, 6.07) is 1.12. The summed E-state index contributed by atoms with van der Waals surface area (Å²) in [7, 11) is 0. The number of aliphatic hydroxyl groups excluding tert-OH is 1. The lowest BCUT2D eigenvalue weighted by Gasteiger charge is -2.31. The van der Waals surface area contributed by atoms with Crippen molar-refractivity contribution in [2.45, 2.75) is 69.6 Å². The third kappa shape index (κ3) is 3.72. The van der Waals surface area contributed by atoms with Crippen LogP contribution in [0.3, 0.4) is 0 Å². The number of nitrogens with two attached hydrogens (primary N) is 1. The van der Waals surface area contributed by atoms with Gasteiger partial charge in [0.25, 0.3) is 0 Å². The summed E-state index contributed by atoms with van der Waals surface area (Å²) >= 11 is 0. The first-order valence-electron chi connectivity index (χ1n) is 6.91. The highest BCUT2D eigenvalue weighted by atomic mass is 16.3. The Morgan fingerprint density at radius 2 is 1.81 bits per heavy atom. The molecule has 0 spiro atoms. The molecule has 3 heteroatoms. The monoisotopic (exact) mass is 226 g/mol. The van der Waals surface area contributed by atoms with Crippen LogP contribution in [0, 0.1) is 5.92 Å². The van der Waals surface area contributed by atoms with Gasteiger partial charge in [-0.2, -0.15) is 0 Å². The van der Waals surface area contributed by atoms with Crippen LogP contribution in [0.4, 0.5) is 0 Å². The second kappa shape index (κ2) is 5.99. The summed E-state index contributed by atoms with van der Waals surface area (Å²) in [6.45, 7) is 1.09. The van der Waals surface area contributed by atoms with Crippen LogP contribution in [0.2, 0.25) is 0 Å². The van der Waals surface area contributed by atoms with Crippen LogP contribution >= 0.6 is 0 Å². The van der Waals surface area contributed by atoms with Gasteiger partial charge >= 0.3 is 0 Å². The second-order valence-corrected chi connectivity index (χ2v) is 5.71. The van der Waals surface area contributed by atoms with Crippen LogP contribution in [0.15, 0.2) is 0 Å². The Balaban J connectivity index is 1.63. The molecule has 0 aliphatic heterocycles. The minimum Gasteiger partial charge on any atom is -0.393 e. The SMILES string of the molecule is NC1CCC(NCC2CCCC(O)C2)CC1. The maximum atomic E-state index is 9.61. The van der Waals surface area contributed by atoms with Crippen molar-refractivity contribution in [3.05, 3.63) is 0 Å². The van der Waals surface area contributed by atoms with Gasteiger partial charge in [-0.05, 0) is 57.4 Å². The van der Waals surface area contributed by atoms with Gasteiger partial charge in [-0.15, -0.1) is 0 Å². The summed E-state index contributed by atoms with van der Waals surface area (Å²) in [4.78, 5) is 0. The summed E-state index contributed by atoms with van der Waals surface area (Å²) in [6.07, 6.45) is 9.26. The molecular weight excluding hydrogens is 200 g/mol. The Morgan fingerprint density at radius 3 is 2.50 bits per heavy atom. The van der Waals surface area contributed by atoms with Crippen molar-refractivity contribution in [2.75, 3.05) is 6.54 Å². The summed E-state index contributed by atoms with van der Waals surface area (Å²) in [5.41, 5.74) is 5.89. The Labute approximate surface area is 98.8 Å². The lowest BCUT2D eigenvalue weighted by Crippen LogP contribution is -2.40. The van der Waals surface area contributed by atoms with Crippen LogP contribution < -0.4 is 11.1 Å². The first-order valence-corrected chi connectivity index (χ1v) is 6.91. The predicted octanol–water partition coefficient (Wildman–Crippen LogP) is 1.40. The number of hydrogen-bond acceptors (Lipinski definition) is 3. The van der Waals surface area contributed by atoms with Crippen molar-refractivity contribution < 1.29 is 5.11 Å². The Kier molecular flexibility index (Phi) is 4.62. The zero-order chi connectivity index (χ0) is 11.4. The fourth-order valence-electron chi connectivity index (χ4n) is 3.10. The average molecular weight is 226 g/mol. The molecule has 0 aromatic heterocycles. The van der Waals surface area contributed by atoms with Crippen LogP contribution in [0.1, 0.15) is 51.4 Å². The van der Waals surface area contributed by atoms with E-state index in [1.165, 1.54) is 38.5 Å². The van der Waals surface area contributed by atoms with E-state index in [1.54, 1.807) is 0 Å². The van der Waals surface area contributed by atoms with E-state index in [-0.39, 0.29) is 6.10 Å². The lowest BCUT2D eigenvalue weighted by atomic mass is 9.86. The molecule has 94 valence electrons. The minimum absolute atomic E-state index is 0.0414. The maximum Gasteiger partial charge on any atom is 0.0543 e. The average Bonchev–Trinajstić information content (AvgIpc) is 2.28. The van der Waals surface area contributed by atoms with Crippen molar-refractivity contribution in [1.29, 1.82) is 0 Å². The summed E-state index contributed by atoms with van der Waals surface area (Å²) in [5, 5.41) is 13.3. The molecule has 0 aromatic carbocycles. The highest BCUT2D eigenvalue weighted by molar-refractivity contribution is 4.81. The van der Waals surface area contributed by atoms with E-state index in [4.69, 9.17) is 5.73 Å². The molecule has 2 atom stereocenters. The molecule has 2 saturated carbocycles. The molecule has 0 radical (unpaired) electrons. The molecule has 0 amide bonds. The minimum atomic E-state index is -0.0414. The highest BCUT2D eigenvalue weighted by Crippen LogP contribution is 2.24. The van der Waals surface area contributed by atoms with Gasteiger partial charge < -0.3 is 16.2 Å². The molecule has 0 heterocycles. The van der Waals surface area contributed by atoms with Gasteiger partial charge in [0.15, 0.2) is 0 Å². The molecule has 2 unspecified atom stereocenters. The first kappa shape index (κ1) is 12.3. The van der Waals surface area contributed by atoms with Gasteiger partial charge in [-0.1, -0.05) is 6.42 Å². The van der Waals surface area contributed by atoms with Gasteiger partial charge in [0.2, 0.25) is 0 Å². The first-order chi connectivity index (χ1) is 7.74. The quantitative estimate of drug-likeness (QED) is 0.682. The number of rotatable bonds is 3. The molecule has 0 saturated heterocycles. The van der Waals surface area contributed by atoms with Crippen molar-refractivity contribution in [3.63, 3.8) is 0 Å². The van der Waals surface area contributed by atoms with E-state index in [9.17, 15) is 5.11 Å². The molecule has 4 N–H and O–H groups in total. The van der Waals surface area contributed by atoms with Gasteiger partial charge in [-0.25, -0.2) is 0 Å². The maximum absolute atomic E-state index is 9.61. The van der Waals surface area contributed by atoms with E-state index in [2.05, 4.69) is 5.32 Å². The molecule has 0 aromatic rings. The molecule has 3 nitrogen and oxygen atoms in total. The fraction of sp³-hybridized carbons (Fsp3) is 1.00. The van der Waals surface area contributed by atoms with Crippen molar-refractivity contribution >= 4 is 0 Å². The molecule has 2 aliphatic rings. The third-order valence-corrected chi connectivity index (χ3v) is 4.22. The number of nitrogens with one attached hydrogen (secondary N) is 1.